The number of benzene rings is 1. The first-order valence-corrected chi connectivity index (χ1v) is 7.66. The van der Waals surface area contributed by atoms with Gasteiger partial charge in [-0.1, -0.05) is 35.9 Å². The minimum absolute atomic E-state index is 0.0207. The number of hydrogen-bond acceptors (Lipinski definition) is 2. The number of pyridine rings is 1. The lowest BCUT2D eigenvalue weighted by atomic mass is 9.95. The standard InChI is InChI=1S/C18H17ClN2O/c1-21(12-13-6-9-17(19)20-11-13)18(22)16-8-7-14-4-2-3-5-15(14)10-16/h2,4,6-11H,3,5,12H2,1H3. The Hall–Kier alpha value is -2.13. The van der Waals surface area contributed by atoms with E-state index in [-0.39, 0.29) is 5.91 Å². The summed E-state index contributed by atoms with van der Waals surface area (Å²) in [5.74, 6) is 0.0207. The number of aryl methyl sites for hydroxylation is 1. The molecule has 4 heteroatoms. The van der Waals surface area contributed by atoms with Gasteiger partial charge in [-0.05, 0) is 47.7 Å². The highest BCUT2D eigenvalue weighted by Crippen LogP contribution is 2.21. The summed E-state index contributed by atoms with van der Waals surface area (Å²) in [4.78, 5) is 18.3. The second-order valence-corrected chi connectivity index (χ2v) is 5.89. The van der Waals surface area contributed by atoms with Crippen LogP contribution in [0.5, 0.6) is 0 Å². The highest BCUT2D eigenvalue weighted by Gasteiger charge is 2.14. The monoisotopic (exact) mass is 312 g/mol. The molecular weight excluding hydrogens is 296 g/mol. The molecular formula is C18H17ClN2O. The molecule has 1 aliphatic carbocycles. The van der Waals surface area contributed by atoms with Gasteiger partial charge in [0.1, 0.15) is 5.15 Å². The van der Waals surface area contributed by atoms with Gasteiger partial charge in [-0.2, -0.15) is 0 Å². The van der Waals surface area contributed by atoms with E-state index < -0.39 is 0 Å². The summed E-state index contributed by atoms with van der Waals surface area (Å²) in [6, 6.07) is 9.55. The fourth-order valence-corrected chi connectivity index (χ4v) is 2.74. The van der Waals surface area contributed by atoms with Gasteiger partial charge in [-0.25, -0.2) is 4.98 Å². The number of rotatable bonds is 3. The highest BCUT2D eigenvalue weighted by molar-refractivity contribution is 6.29. The normalized spacial score (nSPS) is 12.8. The molecule has 0 spiro atoms. The predicted molar refractivity (Wildman–Crippen MR) is 88.8 cm³/mol. The van der Waals surface area contributed by atoms with Crippen LogP contribution in [-0.4, -0.2) is 22.8 Å². The van der Waals surface area contributed by atoms with Gasteiger partial charge >= 0.3 is 0 Å². The Labute approximate surface area is 135 Å². The molecule has 0 fully saturated rings. The Morgan fingerprint density at radius 1 is 1.32 bits per heavy atom. The smallest absolute Gasteiger partial charge is 0.253 e. The van der Waals surface area contributed by atoms with E-state index in [9.17, 15) is 4.79 Å². The number of hydrogen-bond donors (Lipinski definition) is 0. The molecule has 1 heterocycles. The van der Waals surface area contributed by atoms with E-state index in [1.165, 1.54) is 11.1 Å². The van der Waals surface area contributed by atoms with E-state index in [0.717, 1.165) is 24.0 Å². The van der Waals surface area contributed by atoms with E-state index in [2.05, 4.69) is 17.1 Å². The number of carbonyl (C=O) groups excluding carboxylic acids is 1. The van der Waals surface area contributed by atoms with Crippen LogP contribution in [0.3, 0.4) is 0 Å². The SMILES string of the molecule is CN(Cc1ccc(Cl)nc1)C(=O)c1ccc2c(c1)CCC=C2. The Balaban J connectivity index is 1.75. The molecule has 0 bridgehead atoms. The zero-order valence-electron chi connectivity index (χ0n) is 12.4. The lowest BCUT2D eigenvalue weighted by molar-refractivity contribution is 0.0785. The van der Waals surface area contributed by atoms with E-state index in [0.29, 0.717) is 11.7 Å². The predicted octanol–water partition coefficient (Wildman–Crippen LogP) is 3.97. The fraction of sp³-hybridized carbons (Fsp3) is 0.222. The van der Waals surface area contributed by atoms with Crippen molar-refractivity contribution in [3.8, 4) is 0 Å². The van der Waals surface area contributed by atoms with Crippen molar-refractivity contribution >= 4 is 23.6 Å². The van der Waals surface area contributed by atoms with E-state index in [1.807, 2.05) is 24.3 Å². The van der Waals surface area contributed by atoms with Crippen LogP contribution in [0.2, 0.25) is 5.15 Å². The molecule has 2 aromatic rings. The Morgan fingerprint density at radius 3 is 2.95 bits per heavy atom. The third-order valence-electron chi connectivity index (χ3n) is 3.82. The van der Waals surface area contributed by atoms with Crippen molar-refractivity contribution in [2.75, 3.05) is 7.05 Å². The van der Waals surface area contributed by atoms with E-state index in [4.69, 9.17) is 11.6 Å². The van der Waals surface area contributed by atoms with Crippen LogP contribution in [0, 0.1) is 0 Å². The first kappa shape index (κ1) is 14.8. The van der Waals surface area contributed by atoms with E-state index in [1.54, 1.807) is 24.2 Å². The molecule has 0 radical (unpaired) electrons. The molecule has 3 rings (SSSR count). The summed E-state index contributed by atoms with van der Waals surface area (Å²) in [5.41, 5.74) is 4.15. The van der Waals surface area contributed by atoms with Gasteiger partial charge in [0.15, 0.2) is 0 Å². The Bertz CT molecular complexity index is 722. The topological polar surface area (TPSA) is 33.2 Å². The maximum atomic E-state index is 12.6. The molecule has 0 aliphatic heterocycles. The lowest BCUT2D eigenvalue weighted by Gasteiger charge is -2.19. The molecule has 1 aromatic carbocycles. The zero-order valence-corrected chi connectivity index (χ0v) is 13.2. The van der Waals surface area contributed by atoms with Gasteiger partial charge < -0.3 is 4.90 Å². The second kappa shape index (κ2) is 6.32. The second-order valence-electron chi connectivity index (χ2n) is 5.51. The molecule has 0 saturated carbocycles. The van der Waals surface area contributed by atoms with Crippen molar-refractivity contribution in [3.05, 3.63) is 70.0 Å². The first-order chi connectivity index (χ1) is 10.6. The zero-order chi connectivity index (χ0) is 15.5. The minimum Gasteiger partial charge on any atom is -0.337 e. The van der Waals surface area contributed by atoms with Crippen molar-refractivity contribution in [2.45, 2.75) is 19.4 Å². The lowest BCUT2D eigenvalue weighted by Crippen LogP contribution is -2.26. The molecule has 112 valence electrons. The number of carbonyl (C=O) groups is 1. The average molecular weight is 313 g/mol. The summed E-state index contributed by atoms with van der Waals surface area (Å²) in [6.45, 7) is 0.514. The molecule has 1 amide bonds. The summed E-state index contributed by atoms with van der Waals surface area (Å²) < 4.78 is 0. The number of amides is 1. The minimum atomic E-state index is 0.0207. The maximum Gasteiger partial charge on any atom is 0.253 e. The van der Waals surface area contributed by atoms with Gasteiger partial charge in [-0.3, -0.25) is 4.79 Å². The van der Waals surface area contributed by atoms with Gasteiger partial charge in [-0.15, -0.1) is 0 Å². The Morgan fingerprint density at radius 2 is 2.18 bits per heavy atom. The summed E-state index contributed by atoms with van der Waals surface area (Å²) in [5, 5.41) is 0.459. The van der Waals surface area contributed by atoms with Crippen LogP contribution in [0.4, 0.5) is 0 Å². The molecule has 22 heavy (non-hydrogen) atoms. The number of aromatic nitrogens is 1. The Kier molecular flexibility index (Phi) is 4.25. The van der Waals surface area contributed by atoms with E-state index >= 15 is 0 Å². The van der Waals surface area contributed by atoms with Gasteiger partial charge in [0.2, 0.25) is 0 Å². The van der Waals surface area contributed by atoms with Crippen LogP contribution in [-0.2, 0) is 13.0 Å². The van der Waals surface area contributed by atoms with Gasteiger partial charge in [0.25, 0.3) is 5.91 Å². The summed E-state index contributed by atoms with van der Waals surface area (Å²) >= 11 is 5.78. The molecule has 1 aromatic heterocycles. The highest BCUT2D eigenvalue weighted by atomic mass is 35.5. The van der Waals surface area contributed by atoms with Crippen molar-refractivity contribution in [1.29, 1.82) is 0 Å². The first-order valence-electron chi connectivity index (χ1n) is 7.29. The molecule has 3 nitrogen and oxygen atoms in total. The van der Waals surface area contributed by atoms with Crippen LogP contribution >= 0.6 is 11.6 Å². The largest absolute Gasteiger partial charge is 0.337 e. The van der Waals surface area contributed by atoms with Crippen molar-refractivity contribution in [3.63, 3.8) is 0 Å². The van der Waals surface area contributed by atoms with Gasteiger partial charge in [0, 0.05) is 25.4 Å². The van der Waals surface area contributed by atoms with Crippen molar-refractivity contribution < 1.29 is 4.79 Å². The maximum absolute atomic E-state index is 12.6. The number of allylic oxidation sites excluding steroid dienone is 1. The van der Waals surface area contributed by atoms with Crippen molar-refractivity contribution in [1.82, 2.24) is 9.88 Å². The number of halogens is 1. The molecule has 0 unspecified atom stereocenters. The molecule has 1 aliphatic rings. The fourth-order valence-electron chi connectivity index (χ4n) is 2.63. The quantitative estimate of drug-likeness (QED) is 0.804. The third-order valence-corrected chi connectivity index (χ3v) is 4.05. The van der Waals surface area contributed by atoms with Crippen LogP contribution < -0.4 is 0 Å². The molecule has 0 saturated heterocycles. The summed E-state index contributed by atoms with van der Waals surface area (Å²) in [7, 11) is 1.80. The number of nitrogens with zero attached hydrogens (tertiary/aromatic N) is 2. The van der Waals surface area contributed by atoms with Crippen molar-refractivity contribution in [2.24, 2.45) is 0 Å². The van der Waals surface area contributed by atoms with Crippen LogP contribution in [0.15, 0.2) is 42.6 Å². The molecule has 0 N–H and O–H groups in total. The van der Waals surface area contributed by atoms with Crippen LogP contribution in [0.1, 0.15) is 33.5 Å². The number of fused-ring (bicyclic) bond motifs is 1. The van der Waals surface area contributed by atoms with Crippen LogP contribution in [0.25, 0.3) is 6.08 Å². The molecule has 0 atom stereocenters. The third kappa shape index (κ3) is 3.20. The summed E-state index contributed by atoms with van der Waals surface area (Å²) in [6.07, 6.45) is 8.03. The average Bonchev–Trinajstić information content (AvgIpc) is 2.55. The van der Waals surface area contributed by atoms with Gasteiger partial charge in [0.05, 0.1) is 0 Å².